The van der Waals surface area contributed by atoms with Crippen LogP contribution >= 0.6 is 0 Å². The van der Waals surface area contributed by atoms with E-state index in [0.717, 1.165) is 33.8 Å². The summed E-state index contributed by atoms with van der Waals surface area (Å²) in [6.07, 6.45) is -3.59. The predicted molar refractivity (Wildman–Crippen MR) is 124 cm³/mol. The second kappa shape index (κ2) is 13.4. The minimum atomic E-state index is -1.67. The van der Waals surface area contributed by atoms with Crippen LogP contribution in [0.25, 0.3) is 0 Å². The molecule has 14 nitrogen and oxygen atoms in total. The van der Waals surface area contributed by atoms with Crippen LogP contribution in [0.1, 0.15) is 45.8 Å². The largest absolute Gasteiger partial charge is 0.463 e. The number of rotatable bonds is 10. The monoisotopic (exact) mass is 537 g/mol. The van der Waals surface area contributed by atoms with Crippen LogP contribution in [0.2, 0.25) is 0 Å². The van der Waals surface area contributed by atoms with Crippen molar-refractivity contribution in [1.82, 2.24) is 0 Å². The maximum Gasteiger partial charge on any atom is 0.311 e. The number of carbonyl (C=O) groups excluding carboxylic acids is 4. The molecule has 1 N–H and O–H groups in total. The van der Waals surface area contributed by atoms with Gasteiger partial charge in [0.25, 0.3) is 0 Å². The number of aliphatic hydroxyl groups is 1. The number of hydrogen-bond acceptors (Lipinski definition) is 13. The number of carbonyl (C=O) groups is 4. The predicted octanol–water partition coefficient (Wildman–Crippen LogP) is 1.11. The lowest BCUT2D eigenvalue weighted by molar-refractivity contribution is -0.387. The normalized spacial score (nSPS) is 23.2. The van der Waals surface area contributed by atoms with Gasteiger partial charge in [0.1, 0.15) is 12.7 Å². The Bertz CT molecular complexity index is 1110. The van der Waals surface area contributed by atoms with Crippen LogP contribution in [-0.2, 0) is 42.9 Å². The van der Waals surface area contributed by atoms with Gasteiger partial charge < -0.3 is 33.5 Å². The number of terminal acetylenes is 1. The van der Waals surface area contributed by atoms with Gasteiger partial charge in [-0.2, -0.15) is 0 Å². The Morgan fingerprint density at radius 1 is 1.03 bits per heavy atom. The van der Waals surface area contributed by atoms with E-state index in [2.05, 4.69) is 5.92 Å². The molecule has 1 aliphatic heterocycles. The van der Waals surface area contributed by atoms with Crippen LogP contribution < -0.4 is 4.74 Å². The molecule has 206 valence electrons. The van der Waals surface area contributed by atoms with Crippen molar-refractivity contribution < 1.29 is 57.6 Å². The molecule has 0 spiro atoms. The molecule has 14 heteroatoms. The first-order valence-corrected chi connectivity index (χ1v) is 11.2. The molecule has 38 heavy (non-hydrogen) atoms. The quantitative estimate of drug-likeness (QED) is 0.147. The number of benzene rings is 1. The summed E-state index contributed by atoms with van der Waals surface area (Å²) in [7, 11) is 0. The molecule has 2 rings (SSSR count). The molecule has 1 aliphatic rings. The van der Waals surface area contributed by atoms with Crippen LogP contribution in [0.4, 0.5) is 5.69 Å². The standard InChI is InChI=1S/C24H27NO13/c1-6-7-18(30)16-8-9-19(17(10-16)25(31)32)37-24-23(36-15(5)29)22(35-14(4)28)21(34-13(3)27)20(38-24)11-33-12(2)26/h1,8-10,18,20-24,30H,7,11H2,2-5H3/t18?,20?,21-,22?,23-,24+/m0/s1. The van der Waals surface area contributed by atoms with Crippen molar-refractivity contribution in [3.63, 3.8) is 0 Å². The highest BCUT2D eigenvalue weighted by Gasteiger charge is 2.53. The van der Waals surface area contributed by atoms with Gasteiger partial charge in [0, 0.05) is 40.2 Å². The highest BCUT2D eigenvalue weighted by molar-refractivity contribution is 5.68. The molecule has 0 aliphatic carbocycles. The van der Waals surface area contributed by atoms with Crippen molar-refractivity contribution >= 4 is 29.6 Å². The zero-order chi connectivity index (χ0) is 28.6. The second-order valence-corrected chi connectivity index (χ2v) is 8.09. The lowest BCUT2D eigenvalue weighted by Gasteiger charge is -2.43. The molecule has 6 atom stereocenters. The molecule has 3 unspecified atom stereocenters. The van der Waals surface area contributed by atoms with E-state index in [1.807, 2.05) is 0 Å². The van der Waals surface area contributed by atoms with Crippen LogP contribution in [0.3, 0.4) is 0 Å². The van der Waals surface area contributed by atoms with Crippen LogP contribution in [-0.4, -0.2) is 71.2 Å². The molecule has 1 heterocycles. The van der Waals surface area contributed by atoms with Gasteiger partial charge in [-0.15, -0.1) is 12.3 Å². The Kier molecular flexibility index (Phi) is 10.5. The molecule has 1 aromatic carbocycles. The van der Waals surface area contributed by atoms with Gasteiger partial charge in [-0.3, -0.25) is 29.3 Å². The van der Waals surface area contributed by atoms with Gasteiger partial charge in [0.05, 0.1) is 11.0 Å². The van der Waals surface area contributed by atoms with Crippen molar-refractivity contribution in [2.24, 2.45) is 0 Å². The summed E-state index contributed by atoms with van der Waals surface area (Å²) < 4.78 is 32.3. The van der Waals surface area contributed by atoms with Gasteiger partial charge in [0.2, 0.25) is 12.4 Å². The fourth-order valence-corrected chi connectivity index (χ4v) is 3.62. The average molecular weight is 537 g/mol. The van der Waals surface area contributed by atoms with Crippen molar-refractivity contribution in [1.29, 1.82) is 0 Å². The van der Waals surface area contributed by atoms with Gasteiger partial charge in [-0.05, 0) is 11.6 Å². The van der Waals surface area contributed by atoms with Gasteiger partial charge in [-0.1, -0.05) is 6.07 Å². The molecule has 0 saturated carbocycles. The highest BCUT2D eigenvalue weighted by atomic mass is 16.7. The number of aliphatic hydroxyl groups excluding tert-OH is 1. The Morgan fingerprint density at radius 3 is 2.13 bits per heavy atom. The molecule has 1 saturated heterocycles. The number of nitrogens with zero attached hydrogens (tertiary/aromatic N) is 1. The van der Waals surface area contributed by atoms with E-state index in [1.54, 1.807) is 0 Å². The fraction of sp³-hybridized carbons (Fsp3) is 0.500. The van der Waals surface area contributed by atoms with Crippen molar-refractivity contribution in [2.75, 3.05) is 6.61 Å². The molecular formula is C24H27NO13. The lowest BCUT2D eigenvalue weighted by Crippen LogP contribution is -2.63. The van der Waals surface area contributed by atoms with E-state index in [-0.39, 0.29) is 17.7 Å². The molecule has 1 fully saturated rings. The summed E-state index contributed by atoms with van der Waals surface area (Å²) in [5.74, 6) is -1.37. The Hall–Kier alpha value is -4.22. The second-order valence-electron chi connectivity index (χ2n) is 8.09. The SMILES string of the molecule is C#CCC(O)c1ccc(O[C@@H]2OC(COC(C)=O)[C@H](OC(C)=O)C(OC(C)=O)[C@@H]2OC(C)=O)c([N+](=O)[O-])c1. The first-order chi connectivity index (χ1) is 17.8. The third-order valence-electron chi connectivity index (χ3n) is 5.07. The number of ether oxygens (including phenoxy) is 6. The van der Waals surface area contributed by atoms with Crippen LogP contribution in [0, 0.1) is 22.5 Å². The van der Waals surface area contributed by atoms with Gasteiger partial charge >= 0.3 is 29.6 Å². The van der Waals surface area contributed by atoms with Crippen LogP contribution in [0.5, 0.6) is 5.75 Å². The van der Waals surface area contributed by atoms with E-state index in [1.165, 1.54) is 12.1 Å². The molecule has 0 aromatic heterocycles. The molecule has 0 radical (unpaired) electrons. The van der Waals surface area contributed by atoms with Gasteiger partial charge in [-0.25, -0.2) is 0 Å². The fourth-order valence-electron chi connectivity index (χ4n) is 3.62. The van der Waals surface area contributed by atoms with Crippen molar-refractivity contribution in [3.05, 3.63) is 33.9 Å². The maximum absolute atomic E-state index is 11.9. The van der Waals surface area contributed by atoms with E-state index in [4.69, 9.17) is 34.8 Å². The maximum atomic E-state index is 11.9. The number of hydrogen-bond donors (Lipinski definition) is 1. The third kappa shape index (κ3) is 8.15. The van der Waals surface area contributed by atoms with E-state index >= 15 is 0 Å². The zero-order valence-corrected chi connectivity index (χ0v) is 21.0. The average Bonchev–Trinajstić information content (AvgIpc) is 2.81. The molecule has 0 bridgehead atoms. The lowest BCUT2D eigenvalue weighted by atomic mass is 9.98. The summed E-state index contributed by atoms with van der Waals surface area (Å²) in [5, 5.41) is 21.9. The van der Waals surface area contributed by atoms with E-state index < -0.39 is 77.9 Å². The summed E-state index contributed by atoms with van der Waals surface area (Å²) in [5.41, 5.74) is -0.449. The van der Waals surface area contributed by atoms with Crippen molar-refractivity contribution in [2.45, 2.75) is 70.9 Å². The Labute approximate surface area is 217 Å². The Morgan fingerprint density at radius 2 is 1.61 bits per heavy atom. The Balaban J connectivity index is 2.56. The molecule has 0 amide bonds. The summed E-state index contributed by atoms with van der Waals surface area (Å²) in [6, 6.07) is 3.54. The smallest absolute Gasteiger partial charge is 0.311 e. The zero-order valence-electron chi connectivity index (χ0n) is 21.0. The minimum absolute atomic E-state index is 0.100. The first kappa shape index (κ1) is 30.0. The van der Waals surface area contributed by atoms with E-state index in [0.29, 0.717) is 0 Å². The number of esters is 4. The highest BCUT2D eigenvalue weighted by Crippen LogP contribution is 2.36. The summed E-state index contributed by atoms with van der Waals surface area (Å²) >= 11 is 0. The number of nitro groups is 1. The molecular weight excluding hydrogens is 510 g/mol. The summed E-state index contributed by atoms with van der Waals surface area (Å²) in [6.45, 7) is 3.76. The molecule has 1 aromatic rings. The first-order valence-electron chi connectivity index (χ1n) is 11.2. The van der Waals surface area contributed by atoms with E-state index in [9.17, 15) is 34.4 Å². The number of nitro benzene ring substituents is 1. The topological polar surface area (TPSA) is 187 Å². The summed E-state index contributed by atoms with van der Waals surface area (Å²) in [4.78, 5) is 58.1. The van der Waals surface area contributed by atoms with Crippen molar-refractivity contribution in [3.8, 4) is 18.1 Å². The third-order valence-corrected chi connectivity index (χ3v) is 5.07. The minimum Gasteiger partial charge on any atom is -0.463 e. The van der Waals surface area contributed by atoms with Gasteiger partial charge in [0.15, 0.2) is 18.0 Å². The van der Waals surface area contributed by atoms with Crippen LogP contribution in [0.15, 0.2) is 18.2 Å².